The molecule has 0 bridgehead atoms. The zero-order chi connectivity index (χ0) is 16.1. The molecular formula is C17H23ClN2O3. The Morgan fingerprint density at radius 2 is 1.78 bits per heavy atom. The van der Waals surface area contributed by atoms with Crippen LogP contribution in [0.2, 0.25) is 5.02 Å². The maximum absolute atomic E-state index is 12.3. The van der Waals surface area contributed by atoms with Gasteiger partial charge in [0.25, 0.3) is 0 Å². The molecule has 1 aromatic rings. The fraction of sp³-hybridized carbons (Fsp3) is 0.588. The first-order chi connectivity index (χ1) is 11.2. The third-order valence-electron chi connectivity index (χ3n) is 4.24. The number of nitrogens with one attached hydrogen (secondary N) is 1. The molecule has 0 aliphatic carbocycles. The van der Waals surface area contributed by atoms with Crippen LogP contribution in [0.3, 0.4) is 0 Å². The van der Waals surface area contributed by atoms with Crippen LogP contribution in [0.15, 0.2) is 12.1 Å². The van der Waals surface area contributed by atoms with Gasteiger partial charge in [0.2, 0.25) is 0 Å². The fourth-order valence-electron chi connectivity index (χ4n) is 3.01. The quantitative estimate of drug-likeness (QED) is 0.896. The number of fused-ring (bicyclic) bond motifs is 1. The highest BCUT2D eigenvalue weighted by Crippen LogP contribution is 2.38. The Balaban J connectivity index is 1.59. The van der Waals surface area contributed by atoms with Crippen LogP contribution in [-0.4, -0.2) is 37.2 Å². The van der Waals surface area contributed by atoms with Crippen molar-refractivity contribution in [2.45, 2.75) is 38.6 Å². The van der Waals surface area contributed by atoms with Gasteiger partial charge in [0.15, 0.2) is 11.5 Å². The molecule has 1 N–H and O–H groups in total. The van der Waals surface area contributed by atoms with Crippen molar-refractivity contribution in [2.24, 2.45) is 0 Å². The summed E-state index contributed by atoms with van der Waals surface area (Å²) in [5, 5.41) is 3.51. The number of carbonyl (C=O) groups excluding carboxylic acids is 1. The smallest absolute Gasteiger partial charge is 0.317 e. The number of hydrogen-bond donors (Lipinski definition) is 1. The first-order valence-corrected chi connectivity index (χ1v) is 8.72. The summed E-state index contributed by atoms with van der Waals surface area (Å²) in [6.07, 6.45) is 5.88. The molecule has 2 heterocycles. The molecule has 0 radical (unpaired) electrons. The van der Waals surface area contributed by atoms with E-state index >= 15 is 0 Å². The van der Waals surface area contributed by atoms with Gasteiger partial charge in [-0.25, -0.2) is 4.79 Å². The third kappa shape index (κ3) is 4.22. The fourth-order valence-corrected chi connectivity index (χ4v) is 3.29. The third-order valence-corrected chi connectivity index (χ3v) is 4.52. The van der Waals surface area contributed by atoms with Crippen LogP contribution in [0.1, 0.15) is 37.7 Å². The van der Waals surface area contributed by atoms with Crippen molar-refractivity contribution in [2.75, 3.05) is 26.3 Å². The Labute approximate surface area is 141 Å². The number of likely N-dealkylation sites (tertiary alicyclic amines) is 1. The molecule has 0 spiro atoms. The van der Waals surface area contributed by atoms with E-state index < -0.39 is 0 Å². The van der Waals surface area contributed by atoms with Crippen LogP contribution in [0, 0.1) is 0 Å². The lowest BCUT2D eigenvalue weighted by molar-refractivity contribution is 0.171. The Hall–Kier alpha value is -1.62. The molecule has 5 nitrogen and oxygen atoms in total. The summed E-state index contributed by atoms with van der Waals surface area (Å²) in [6, 6.07) is 3.70. The van der Waals surface area contributed by atoms with E-state index in [9.17, 15) is 4.79 Å². The van der Waals surface area contributed by atoms with E-state index in [0.717, 1.165) is 31.5 Å². The van der Waals surface area contributed by atoms with Crippen molar-refractivity contribution in [3.8, 4) is 11.5 Å². The van der Waals surface area contributed by atoms with Crippen LogP contribution in [-0.2, 0) is 6.54 Å². The molecule has 3 rings (SSSR count). The SMILES string of the molecule is O=C(NCc1cc(Cl)c2c(c1)OCCO2)N1CCCCCCC1. The van der Waals surface area contributed by atoms with Gasteiger partial charge in [0, 0.05) is 19.6 Å². The van der Waals surface area contributed by atoms with E-state index in [1.165, 1.54) is 19.3 Å². The van der Waals surface area contributed by atoms with E-state index in [-0.39, 0.29) is 6.03 Å². The lowest BCUT2D eigenvalue weighted by atomic mass is 10.1. The first kappa shape index (κ1) is 16.2. The predicted octanol–water partition coefficient (Wildman–Crippen LogP) is 3.59. The minimum atomic E-state index is -0.00193. The van der Waals surface area contributed by atoms with E-state index in [0.29, 0.717) is 36.3 Å². The molecule has 1 aromatic carbocycles. The zero-order valence-corrected chi connectivity index (χ0v) is 14.0. The van der Waals surface area contributed by atoms with Crippen molar-refractivity contribution in [3.05, 3.63) is 22.7 Å². The van der Waals surface area contributed by atoms with Gasteiger partial charge in [-0.2, -0.15) is 0 Å². The van der Waals surface area contributed by atoms with Gasteiger partial charge in [0.1, 0.15) is 13.2 Å². The van der Waals surface area contributed by atoms with E-state index in [4.69, 9.17) is 21.1 Å². The number of ether oxygens (including phenoxy) is 2. The van der Waals surface area contributed by atoms with E-state index in [1.54, 1.807) is 0 Å². The Bertz CT molecular complexity index is 557. The molecule has 2 amide bonds. The van der Waals surface area contributed by atoms with Gasteiger partial charge in [-0.1, -0.05) is 30.9 Å². The second-order valence-electron chi connectivity index (χ2n) is 6.02. The lowest BCUT2D eigenvalue weighted by Gasteiger charge is -2.25. The molecule has 1 saturated heterocycles. The number of nitrogens with zero attached hydrogens (tertiary/aromatic N) is 1. The lowest BCUT2D eigenvalue weighted by Crippen LogP contribution is -2.41. The molecule has 126 valence electrons. The second-order valence-corrected chi connectivity index (χ2v) is 6.42. The van der Waals surface area contributed by atoms with Gasteiger partial charge in [0.05, 0.1) is 5.02 Å². The summed E-state index contributed by atoms with van der Waals surface area (Å²) in [5.41, 5.74) is 0.916. The van der Waals surface area contributed by atoms with Gasteiger partial charge in [-0.05, 0) is 30.5 Å². The van der Waals surface area contributed by atoms with Crippen molar-refractivity contribution < 1.29 is 14.3 Å². The molecule has 0 atom stereocenters. The van der Waals surface area contributed by atoms with Crippen LogP contribution in [0.25, 0.3) is 0 Å². The summed E-state index contributed by atoms with van der Waals surface area (Å²) in [4.78, 5) is 14.3. The topological polar surface area (TPSA) is 50.8 Å². The van der Waals surface area contributed by atoms with Crippen molar-refractivity contribution in [1.29, 1.82) is 0 Å². The van der Waals surface area contributed by atoms with Gasteiger partial charge in [-0.15, -0.1) is 0 Å². The van der Waals surface area contributed by atoms with Gasteiger partial charge in [-0.3, -0.25) is 0 Å². The highest BCUT2D eigenvalue weighted by atomic mass is 35.5. The van der Waals surface area contributed by atoms with Gasteiger partial charge >= 0.3 is 6.03 Å². The molecular weight excluding hydrogens is 316 g/mol. The summed E-state index contributed by atoms with van der Waals surface area (Å²) in [7, 11) is 0. The number of amides is 2. The minimum Gasteiger partial charge on any atom is -0.486 e. The molecule has 6 heteroatoms. The van der Waals surface area contributed by atoms with E-state index in [2.05, 4.69) is 5.32 Å². The monoisotopic (exact) mass is 338 g/mol. The van der Waals surface area contributed by atoms with Crippen LogP contribution < -0.4 is 14.8 Å². The normalized spacial score (nSPS) is 18.0. The maximum Gasteiger partial charge on any atom is 0.317 e. The number of urea groups is 1. The highest BCUT2D eigenvalue weighted by molar-refractivity contribution is 6.32. The maximum atomic E-state index is 12.3. The predicted molar refractivity (Wildman–Crippen MR) is 89.3 cm³/mol. The Kier molecular flexibility index (Phi) is 5.49. The van der Waals surface area contributed by atoms with Gasteiger partial charge < -0.3 is 19.7 Å². The summed E-state index contributed by atoms with van der Waals surface area (Å²) >= 11 is 6.22. The van der Waals surface area contributed by atoms with Crippen LogP contribution in [0.5, 0.6) is 11.5 Å². The number of halogens is 1. The summed E-state index contributed by atoms with van der Waals surface area (Å²) in [6.45, 7) is 3.15. The number of carbonyl (C=O) groups is 1. The number of benzene rings is 1. The highest BCUT2D eigenvalue weighted by Gasteiger charge is 2.18. The molecule has 2 aliphatic heterocycles. The molecule has 2 aliphatic rings. The van der Waals surface area contributed by atoms with Crippen molar-refractivity contribution >= 4 is 17.6 Å². The molecule has 0 unspecified atom stereocenters. The van der Waals surface area contributed by atoms with Crippen molar-refractivity contribution in [3.63, 3.8) is 0 Å². The molecule has 23 heavy (non-hydrogen) atoms. The minimum absolute atomic E-state index is 0.00193. The number of rotatable bonds is 2. The molecule has 0 aromatic heterocycles. The molecule has 1 fully saturated rings. The standard InChI is InChI=1S/C17H23ClN2O3/c18-14-10-13(11-15-16(14)23-9-8-22-15)12-19-17(21)20-6-4-2-1-3-5-7-20/h10-11H,1-9,12H2,(H,19,21). The summed E-state index contributed by atoms with van der Waals surface area (Å²) in [5.74, 6) is 1.25. The van der Waals surface area contributed by atoms with Crippen molar-refractivity contribution in [1.82, 2.24) is 10.2 Å². The Morgan fingerprint density at radius 3 is 2.57 bits per heavy atom. The summed E-state index contributed by atoms with van der Waals surface area (Å²) < 4.78 is 11.1. The first-order valence-electron chi connectivity index (χ1n) is 8.35. The number of hydrogen-bond acceptors (Lipinski definition) is 3. The largest absolute Gasteiger partial charge is 0.486 e. The van der Waals surface area contributed by atoms with E-state index in [1.807, 2.05) is 17.0 Å². The molecule has 0 saturated carbocycles. The zero-order valence-electron chi connectivity index (χ0n) is 13.3. The Morgan fingerprint density at radius 1 is 1.09 bits per heavy atom. The van der Waals surface area contributed by atoms with Crippen LogP contribution in [0.4, 0.5) is 4.79 Å². The average Bonchev–Trinajstić information content (AvgIpc) is 2.52. The second kappa shape index (κ2) is 7.77. The van der Waals surface area contributed by atoms with Crippen LogP contribution >= 0.6 is 11.6 Å². The average molecular weight is 339 g/mol.